The van der Waals surface area contributed by atoms with E-state index < -0.39 is 0 Å². The Kier molecular flexibility index (Phi) is 1.97. The van der Waals surface area contributed by atoms with E-state index in [1.807, 2.05) is 10.6 Å². The molecular formula is C7H5AlClN3. The summed E-state index contributed by atoms with van der Waals surface area (Å²) in [5.74, 6) is 0. The van der Waals surface area contributed by atoms with Crippen molar-refractivity contribution in [2.75, 3.05) is 0 Å². The van der Waals surface area contributed by atoms with Crippen LogP contribution in [0, 0.1) is 0 Å². The van der Waals surface area contributed by atoms with E-state index in [-0.39, 0.29) is 14.8 Å². The number of fused-ring (bicyclic) bond motifs is 1. The summed E-state index contributed by atoms with van der Waals surface area (Å²) in [5.41, 5.74) is 0.834. The zero-order valence-corrected chi connectivity index (χ0v) is 8.15. The van der Waals surface area contributed by atoms with Crippen molar-refractivity contribution in [2.24, 2.45) is 0 Å². The molecule has 2 heterocycles. The van der Waals surface area contributed by atoms with Gasteiger partial charge in [0.25, 0.3) is 0 Å². The summed E-state index contributed by atoms with van der Waals surface area (Å²) in [6, 6.07) is 1.74. The van der Waals surface area contributed by atoms with E-state index in [1.54, 1.807) is 12.4 Å². The molecule has 0 aliphatic heterocycles. The number of hydrogen-bond acceptors (Lipinski definition) is 2. The summed E-state index contributed by atoms with van der Waals surface area (Å²) >= 11 is 5.72. The Labute approximate surface area is 80.3 Å². The Morgan fingerprint density at radius 1 is 1.50 bits per heavy atom. The molecule has 2 aromatic rings. The van der Waals surface area contributed by atoms with Gasteiger partial charge in [0.15, 0.2) is 0 Å². The normalized spacial score (nSPS) is 10.1. The van der Waals surface area contributed by atoms with Crippen molar-refractivity contribution in [3.63, 3.8) is 0 Å². The van der Waals surface area contributed by atoms with E-state index in [0.29, 0.717) is 5.15 Å². The number of rotatable bonds is 1. The van der Waals surface area contributed by atoms with E-state index in [9.17, 15) is 0 Å². The molecule has 0 aromatic carbocycles. The molecule has 0 bridgehead atoms. The topological polar surface area (TPSA) is 30.2 Å². The monoisotopic (exact) mass is 193 g/mol. The first-order valence-corrected chi connectivity index (χ1v) is 5.19. The van der Waals surface area contributed by atoms with Gasteiger partial charge < -0.3 is 0 Å². The third kappa shape index (κ3) is 1.18. The first-order valence-electron chi connectivity index (χ1n) is 3.42. The van der Waals surface area contributed by atoms with E-state index in [1.165, 1.54) is 0 Å². The van der Waals surface area contributed by atoms with Gasteiger partial charge in [-0.2, -0.15) is 0 Å². The van der Waals surface area contributed by atoms with Gasteiger partial charge in [-0.1, -0.05) is 0 Å². The standard InChI is InChI=1S/C6H3ClN3.CH2.Al/c7-5-3-6-8-1-2-10(6)4-9-5;;/h1,3-4H;1H2;. The number of halogens is 1. The summed E-state index contributed by atoms with van der Waals surface area (Å²) in [7, 11) is 0. The van der Waals surface area contributed by atoms with Crippen LogP contribution in [0.5, 0.6) is 0 Å². The second kappa shape index (κ2) is 2.98. The minimum absolute atomic E-state index is 0.0196. The second-order valence-corrected chi connectivity index (χ2v) is 3.71. The van der Waals surface area contributed by atoms with Crippen LogP contribution in [-0.2, 0) is 0 Å². The predicted octanol–water partition coefficient (Wildman–Crippen LogP) is 0.144. The fourth-order valence-corrected chi connectivity index (χ4v) is 1.75. The van der Waals surface area contributed by atoms with Crippen molar-refractivity contribution in [2.45, 2.75) is 0 Å². The van der Waals surface area contributed by atoms with Crippen LogP contribution in [-0.4, -0.2) is 34.5 Å². The van der Waals surface area contributed by atoms with E-state index >= 15 is 0 Å². The molecule has 0 spiro atoms. The van der Waals surface area contributed by atoms with Crippen LogP contribution in [0.1, 0.15) is 0 Å². The third-order valence-corrected chi connectivity index (χ3v) is 2.66. The second-order valence-electron chi connectivity index (χ2n) is 2.33. The quantitative estimate of drug-likeness (QED) is 0.477. The van der Waals surface area contributed by atoms with Gasteiger partial charge in [0.2, 0.25) is 0 Å². The molecule has 0 atom stereocenters. The van der Waals surface area contributed by atoms with Crippen LogP contribution in [0.3, 0.4) is 0 Å². The zero-order valence-electron chi connectivity index (χ0n) is 6.24. The van der Waals surface area contributed by atoms with Crippen molar-refractivity contribution >= 4 is 42.0 Å². The summed E-state index contributed by atoms with van der Waals surface area (Å²) in [5, 5.41) is 4.33. The summed E-state index contributed by atoms with van der Waals surface area (Å²) < 4.78 is 3.03. The van der Waals surface area contributed by atoms with E-state index in [2.05, 4.69) is 15.4 Å². The van der Waals surface area contributed by atoms with Gasteiger partial charge in [-0.3, -0.25) is 0 Å². The molecule has 0 saturated heterocycles. The van der Waals surface area contributed by atoms with Gasteiger partial charge in [0, 0.05) is 0 Å². The van der Waals surface area contributed by atoms with Crippen molar-refractivity contribution in [3.05, 3.63) is 23.7 Å². The van der Waals surface area contributed by atoms with Gasteiger partial charge in [-0.05, 0) is 0 Å². The molecule has 0 saturated carbocycles. The van der Waals surface area contributed by atoms with Crippen LogP contribution in [0.4, 0.5) is 0 Å². The Morgan fingerprint density at radius 2 is 2.33 bits per heavy atom. The average molecular weight is 194 g/mol. The molecule has 2 rings (SSSR count). The summed E-state index contributed by atoms with van der Waals surface area (Å²) in [6.07, 6.45) is 3.49. The molecule has 0 aliphatic rings. The van der Waals surface area contributed by atoms with Crippen molar-refractivity contribution in [1.29, 1.82) is 0 Å². The molecule has 0 fully saturated rings. The third-order valence-electron chi connectivity index (χ3n) is 1.61. The molecule has 0 amide bonds. The van der Waals surface area contributed by atoms with E-state index in [0.717, 1.165) is 10.2 Å². The minimum atomic E-state index is 0.0196. The van der Waals surface area contributed by atoms with Crippen LogP contribution in [0.25, 0.3) is 5.65 Å². The Balaban J connectivity index is 2.81. The summed E-state index contributed by atoms with van der Waals surface area (Å²) in [4.78, 5) is 8.13. The summed E-state index contributed by atoms with van der Waals surface area (Å²) in [6.45, 7) is 0. The van der Waals surface area contributed by atoms with Crippen LogP contribution >= 0.6 is 11.6 Å². The molecule has 0 N–H and O–H groups in total. The maximum absolute atomic E-state index is 5.70. The van der Waals surface area contributed by atoms with Crippen LogP contribution in [0.2, 0.25) is 5.15 Å². The molecule has 0 radical (unpaired) electrons. The van der Waals surface area contributed by atoms with Crippen molar-refractivity contribution < 1.29 is 0 Å². The Hall–Kier alpha value is -0.688. The number of aromatic nitrogens is 3. The van der Waals surface area contributed by atoms with Crippen LogP contribution < -0.4 is 4.56 Å². The maximum atomic E-state index is 5.70. The van der Waals surface area contributed by atoms with Gasteiger partial charge >= 0.3 is 80.1 Å². The van der Waals surface area contributed by atoms with Crippen molar-refractivity contribution in [3.8, 4) is 0 Å². The van der Waals surface area contributed by atoms with Gasteiger partial charge in [-0.15, -0.1) is 0 Å². The SMILES string of the molecule is [CH2]=[Al][c]1cnc2cc(Cl)ncn12. The van der Waals surface area contributed by atoms with Gasteiger partial charge in [0.05, 0.1) is 0 Å². The van der Waals surface area contributed by atoms with Crippen LogP contribution in [0.15, 0.2) is 18.6 Å². The molecule has 12 heavy (non-hydrogen) atoms. The molecule has 0 aliphatic carbocycles. The molecular weight excluding hydrogens is 189 g/mol. The first kappa shape index (κ1) is 7.94. The molecule has 0 unspecified atom stereocenters. The first-order chi connectivity index (χ1) is 5.81. The molecule has 5 heteroatoms. The zero-order chi connectivity index (χ0) is 8.55. The van der Waals surface area contributed by atoms with Crippen molar-refractivity contribution in [1.82, 2.24) is 14.4 Å². The van der Waals surface area contributed by atoms with Gasteiger partial charge in [0.1, 0.15) is 0 Å². The fraction of sp³-hybridized carbons (Fsp3) is 0. The average Bonchev–Trinajstić information content (AvgIpc) is 2.46. The number of hydrogen-bond donors (Lipinski definition) is 0. The van der Waals surface area contributed by atoms with Gasteiger partial charge in [-0.25, -0.2) is 0 Å². The number of imidazole rings is 1. The number of nitrogens with zero attached hydrogens (tertiary/aromatic N) is 3. The van der Waals surface area contributed by atoms with E-state index in [4.69, 9.17) is 11.6 Å². The fourth-order valence-electron chi connectivity index (χ4n) is 1.03. The Bertz CT molecular complexity index is 437. The molecule has 3 nitrogen and oxygen atoms in total. The molecule has 2 aromatic heterocycles. The Morgan fingerprint density at radius 3 is 3.08 bits per heavy atom. The predicted molar refractivity (Wildman–Crippen MR) is 50.5 cm³/mol. The molecule has 58 valence electrons.